The van der Waals surface area contributed by atoms with Crippen molar-refractivity contribution >= 4 is 5.78 Å². The summed E-state index contributed by atoms with van der Waals surface area (Å²) < 4.78 is 5.95. The molecule has 4 nitrogen and oxygen atoms in total. The summed E-state index contributed by atoms with van der Waals surface area (Å²) in [7, 11) is 0. The zero-order chi connectivity index (χ0) is 12.9. The maximum absolute atomic E-state index is 12.8. The molecular formula is C15H24N2O2. The monoisotopic (exact) mass is 264 g/mol. The van der Waals surface area contributed by atoms with Gasteiger partial charge in [-0.1, -0.05) is 0 Å². The third-order valence-electron chi connectivity index (χ3n) is 5.77. The highest BCUT2D eigenvalue weighted by atomic mass is 16.5. The molecule has 5 fully saturated rings. The highest BCUT2D eigenvalue weighted by molar-refractivity contribution is 5.87. The van der Waals surface area contributed by atoms with Crippen LogP contribution in [0.5, 0.6) is 0 Å². The van der Waals surface area contributed by atoms with E-state index in [0.29, 0.717) is 5.78 Å². The Labute approximate surface area is 115 Å². The van der Waals surface area contributed by atoms with Crippen molar-refractivity contribution in [2.75, 3.05) is 39.3 Å². The van der Waals surface area contributed by atoms with Crippen LogP contribution in [0.25, 0.3) is 0 Å². The van der Waals surface area contributed by atoms with E-state index in [2.05, 4.69) is 9.80 Å². The molecule has 1 aliphatic carbocycles. The second-order valence-corrected chi connectivity index (χ2v) is 6.83. The Morgan fingerprint density at radius 3 is 2.53 bits per heavy atom. The average Bonchev–Trinajstić information content (AvgIpc) is 2.46. The van der Waals surface area contributed by atoms with Gasteiger partial charge in [0.1, 0.15) is 0 Å². The Hall–Kier alpha value is -0.450. The molecular weight excluding hydrogens is 240 g/mol. The summed E-state index contributed by atoms with van der Waals surface area (Å²) in [6, 6.07) is 0.183. The molecule has 2 bridgehead atoms. The van der Waals surface area contributed by atoms with Gasteiger partial charge in [0.2, 0.25) is 0 Å². The van der Waals surface area contributed by atoms with Crippen molar-refractivity contribution in [1.29, 1.82) is 0 Å². The number of ketones is 1. The van der Waals surface area contributed by atoms with E-state index < -0.39 is 0 Å². The minimum atomic E-state index is 0.0991. The molecule has 0 amide bonds. The Kier molecular flexibility index (Phi) is 2.94. The standard InChI is InChI=1S/C15H24N2O2/c18-14(13-11-16-5-7-17(13)8-6-16)12-2-9-19-15(10-12)3-1-4-15/h12-13H,1-11H2. The second-order valence-electron chi connectivity index (χ2n) is 6.83. The van der Waals surface area contributed by atoms with Gasteiger partial charge in [-0.25, -0.2) is 0 Å². The predicted molar refractivity (Wildman–Crippen MR) is 72.1 cm³/mol. The SMILES string of the molecule is O=C(C1CCOC2(CCC2)C1)C1CN2CCN1CC2. The molecule has 5 aliphatic rings. The van der Waals surface area contributed by atoms with Gasteiger partial charge < -0.3 is 4.74 Å². The van der Waals surface area contributed by atoms with E-state index in [9.17, 15) is 4.79 Å². The smallest absolute Gasteiger partial charge is 0.154 e. The number of nitrogens with zero attached hydrogens (tertiary/aromatic N) is 2. The van der Waals surface area contributed by atoms with Crippen LogP contribution in [-0.4, -0.2) is 66.6 Å². The van der Waals surface area contributed by atoms with Crippen LogP contribution in [-0.2, 0) is 9.53 Å². The third-order valence-corrected chi connectivity index (χ3v) is 5.77. The molecule has 5 rings (SSSR count). The number of piperazine rings is 3. The van der Waals surface area contributed by atoms with E-state index in [1.807, 2.05) is 0 Å². The summed E-state index contributed by atoms with van der Waals surface area (Å²) in [5, 5.41) is 0. The van der Waals surface area contributed by atoms with Crippen LogP contribution in [0.1, 0.15) is 32.1 Å². The topological polar surface area (TPSA) is 32.8 Å². The fraction of sp³-hybridized carbons (Fsp3) is 0.933. The maximum atomic E-state index is 12.8. The first-order valence-electron chi connectivity index (χ1n) is 7.90. The summed E-state index contributed by atoms with van der Waals surface area (Å²) in [5.41, 5.74) is 0.0991. The van der Waals surface area contributed by atoms with Gasteiger partial charge >= 0.3 is 0 Å². The van der Waals surface area contributed by atoms with E-state index in [1.54, 1.807) is 0 Å². The van der Waals surface area contributed by atoms with E-state index >= 15 is 0 Å². The summed E-state index contributed by atoms with van der Waals surface area (Å²) in [6.45, 7) is 6.26. The lowest BCUT2D eigenvalue weighted by atomic mass is 9.70. The van der Waals surface area contributed by atoms with Gasteiger partial charge in [-0.05, 0) is 32.1 Å². The highest BCUT2D eigenvalue weighted by Gasteiger charge is 2.47. The molecule has 0 radical (unpaired) electrons. The molecule has 0 aromatic heterocycles. The molecule has 0 aromatic carbocycles. The predicted octanol–water partition coefficient (Wildman–Crippen LogP) is 0.905. The van der Waals surface area contributed by atoms with Crippen molar-refractivity contribution < 1.29 is 9.53 Å². The van der Waals surface area contributed by atoms with Gasteiger partial charge in [-0.3, -0.25) is 14.6 Å². The molecule has 1 spiro atoms. The molecule has 4 saturated heterocycles. The molecule has 0 N–H and O–H groups in total. The molecule has 4 heterocycles. The van der Waals surface area contributed by atoms with Crippen molar-refractivity contribution in [3.63, 3.8) is 0 Å². The number of hydrogen-bond donors (Lipinski definition) is 0. The van der Waals surface area contributed by atoms with Gasteiger partial charge in [0.05, 0.1) is 11.6 Å². The molecule has 2 unspecified atom stereocenters. The molecule has 1 saturated carbocycles. The van der Waals surface area contributed by atoms with Gasteiger partial charge in [-0.15, -0.1) is 0 Å². The van der Waals surface area contributed by atoms with Crippen molar-refractivity contribution in [3.05, 3.63) is 0 Å². The molecule has 0 aromatic rings. The Morgan fingerprint density at radius 2 is 1.95 bits per heavy atom. The van der Waals surface area contributed by atoms with Crippen molar-refractivity contribution in [3.8, 4) is 0 Å². The number of fused-ring (bicyclic) bond motifs is 3. The Morgan fingerprint density at radius 1 is 1.16 bits per heavy atom. The van der Waals surface area contributed by atoms with Crippen molar-refractivity contribution in [2.45, 2.75) is 43.7 Å². The number of carbonyl (C=O) groups excluding carboxylic acids is 1. The first kappa shape index (κ1) is 12.3. The van der Waals surface area contributed by atoms with Crippen molar-refractivity contribution in [2.24, 2.45) is 5.92 Å². The number of rotatable bonds is 2. The average molecular weight is 264 g/mol. The molecule has 4 heteroatoms. The third kappa shape index (κ3) is 2.05. The zero-order valence-corrected chi connectivity index (χ0v) is 11.6. The van der Waals surface area contributed by atoms with Crippen LogP contribution >= 0.6 is 0 Å². The minimum Gasteiger partial charge on any atom is -0.375 e. The Balaban J connectivity index is 1.45. The maximum Gasteiger partial charge on any atom is 0.154 e. The van der Waals surface area contributed by atoms with Gasteiger partial charge in [0, 0.05) is 45.2 Å². The van der Waals surface area contributed by atoms with Crippen molar-refractivity contribution in [1.82, 2.24) is 9.80 Å². The fourth-order valence-corrected chi connectivity index (χ4v) is 4.35. The van der Waals surface area contributed by atoms with E-state index in [1.165, 1.54) is 19.3 Å². The number of carbonyl (C=O) groups is 1. The molecule has 19 heavy (non-hydrogen) atoms. The van der Waals surface area contributed by atoms with Gasteiger partial charge in [0.15, 0.2) is 5.78 Å². The summed E-state index contributed by atoms with van der Waals surface area (Å²) >= 11 is 0. The van der Waals surface area contributed by atoms with Crippen LogP contribution < -0.4 is 0 Å². The van der Waals surface area contributed by atoms with E-state index in [-0.39, 0.29) is 17.6 Å². The van der Waals surface area contributed by atoms with Gasteiger partial charge in [0.25, 0.3) is 0 Å². The lowest BCUT2D eigenvalue weighted by Crippen LogP contribution is -2.64. The number of Topliss-reactive ketones (excluding diaryl/α,β-unsaturated/α-hetero) is 1. The van der Waals surface area contributed by atoms with Gasteiger partial charge in [-0.2, -0.15) is 0 Å². The van der Waals surface area contributed by atoms with E-state index in [0.717, 1.165) is 52.2 Å². The molecule has 106 valence electrons. The van der Waals surface area contributed by atoms with Crippen LogP contribution in [0.2, 0.25) is 0 Å². The molecule has 2 atom stereocenters. The first-order chi connectivity index (χ1) is 9.26. The van der Waals surface area contributed by atoms with Crippen LogP contribution in [0.15, 0.2) is 0 Å². The first-order valence-corrected chi connectivity index (χ1v) is 7.90. The fourth-order valence-electron chi connectivity index (χ4n) is 4.35. The lowest BCUT2D eigenvalue weighted by molar-refractivity contribution is -0.161. The number of ether oxygens (including phenoxy) is 1. The van der Waals surface area contributed by atoms with Crippen LogP contribution in [0.3, 0.4) is 0 Å². The normalized spacial score (nSPS) is 44.0. The lowest BCUT2D eigenvalue weighted by Gasteiger charge is -2.50. The van der Waals surface area contributed by atoms with Crippen LogP contribution in [0, 0.1) is 5.92 Å². The molecule has 4 aliphatic heterocycles. The Bertz CT molecular complexity index is 372. The summed E-state index contributed by atoms with van der Waals surface area (Å²) in [5.74, 6) is 0.776. The quantitative estimate of drug-likeness (QED) is 0.742. The zero-order valence-electron chi connectivity index (χ0n) is 11.6. The summed E-state index contributed by atoms with van der Waals surface area (Å²) in [4.78, 5) is 17.7. The second kappa shape index (κ2) is 4.54. The van der Waals surface area contributed by atoms with Crippen LogP contribution in [0.4, 0.5) is 0 Å². The number of hydrogen-bond acceptors (Lipinski definition) is 4. The highest BCUT2D eigenvalue weighted by Crippen LogP contribution is 2.44. The van der Waals surface area contributed by atoms with E-state index in [4.69, 9.17) is 4.74 Å². The largest absolute Gasteiger partial charge is 0.375 e. The summed E-state index contributed by atoms with van der Waals surface area (Å²) in [6.07, 6.45) is 5.58. The minimum absolute atomic E-state index is 0.0991.